The number of nitrogens with zero attached hydrogens (tertiary/aromatic N) is 1. The number of ether oxygens (including phenoxy) is 3. The van der Waals surface area contributed by atoms with E-state index in [0.717, 1.165) is 17.6 Å². The summed E-state index contributed by atoms with van der Waals surface area (Å²) in [6.07, 6.45) is 3.09. The number of hydrogen-bond donors (Lipinski definition) is 0. The van der Waals surface area contributed by atoms with Crippen molar-refractivity contribution in [1.29, 1.82) is 0 Å². The molecule has 1 aromatic carbocycles. The number of hydrogen-bond acceptors (Lipinski definition) is 6. The Hall–Kier alpha value is -2.47. The van der Waals surface area contributed by atoms with Crippen LogP contribution in [-0.2, 0) is 30.2 Å². The molecule has 1 aromatic rings. The van der Waals surface area contributed by atoms with Crippen LogP contribution in [0.5, 0.6) is 0 Å². The van der Waals surface area contributed by atoms with E-state index in [4.69, 9.17) is 19.2 Å². The Kier molecular flexibility index (Phi) is 3.68. The summed E-state index contributed by atoms with van der Waals surface area (Å²) in [4.78, 5) is 31.3. The minimum Gasteiger partial charge on any atom is -0.455 e. The largest absolute Gasteiger partial charge is 0.455 e. The lowest BCUT2D eigenvalue weighted by molar-refractivity contribution is -0.166. The van der Waals surface area contributed by atoms with E-state index in [0.29, 0.717) is 25.2 Å². The number of aliphatic imine (C=N–C) groups is 1. The second kappa shape index (κ2) is 6.03. The van der Waals surface area contributed by atoms with Crippen molar-refractivity contribution in [2.45, 2.75) is 51.5 Å². The van der Waals surface area contributed by atoms with Crippen LogP contribution in [0.3, 0.4) is 0 Å². The van der Waals surface area contributed by atoms with E-state index in [1.807, 2.05) is 30.3 Å². The lowest BCUT2D eigenvalue weighted by Gasteiger charge is -2.55. The molecule has 30 heavy (non-hydrogen) atoms. The molecule has 3 heterocycles. The number of carbonyl (C=O) groups excluding carboxylic acids is 2. The quantitative estimate of drug-likeness (QED) is 0.557. The third-order valence-electron chi connectivity index (χ3n) is 7.78. The van der Waals surface area contributed by atoms with Crippen LogP contribution in [0, 0.1) is 22.7 Å². The minimum absolute atomic E-state index is 0.0436. The van der Waals surface area contributed by atoms with Crippen molar-refractivity contribution in [2.75, 3.05) is 6.61 Å². The Morgan fingerprint density at radius 1 is 1.13 bits per heavy atom. The molecule has 6 heteroatoms. The van der Waals surface area contributed by atoms with Gasteiger partial charge in [-0.3, -0.25) is 9.79 Å². The average Bonchev–Trinajstić information content (AvgIpc) is 3.25. The fourth-order valence-electron chi connectivity index (χ4n) is 6.53. The van der Waals surface area contributed by atoms with Gasteiger partial charge in [0.1, 0.15) is 11.5 Å². The van der Waals surface area contributed by atoms with Crippen LogP contribution in [0.25, 0.3) is 0 Å². The maximum absolute atomic E-state index is 13.5. The smallest absolute Gasteiger partial charge is 0.331 e. The van der Waals surface area contributed by atoms with E-state index in [-0.39, 0.29) is 29.2 Å². The van der Waals surface area contributed by atoms with Crippen molar-refractivity contribution < 1.29 is 23.8 Å². The number of benzene rings is 1. The number of carbonyl (C=O) groups is 2. The third-order valence-corrected chi connectivity index (χ3v) is 7.78. The van der Waals surface area contributed by atoms with E-state index >= 15 is 0 Å². The van der Waals surface area contributed by atoms with Crippen LogP contribution in [-0.4, -0.2) is 42.7 Å². The molecule has 1 saturated carbocycles. The molecule has 0 bridgehead atoms. The molecule has 6 rings (SSSR count). The van der Waals surface area contributed by atoms with Gasteiger partial charge in [0, 0.05) is 6.42 Å². The van der Waals surface area contributed by atoms with Gasteiger partial charge in [-0.05, 0) is 35.3 Å². The number of rotatable bonds is 2. The van der Waals surface area contributed by atoms with Gasteiger partial charge in [0.05, 0.1) is 18.2 Å². The summed E-state index contributed by atoms with van der Waals surface area (Å²) in [6.45, 7) is 4.81. The Morgan fingerprint density at radius 3 is 2.73 bits per heavy atom. The van der Waals surface area contributed by atoms with E-state index in [1.54, 1.807) is 0 Å². The predicted octanol–water partition coefficient (Wildman–Crippen LogP) is 2.86. The number of fused-ring (bicyclic) bond motifs is 1. The molecule has 5 aliphatic rings. The molecule has 1 unspecified atom stereocenters. The molecule has 0 radical (unpaired) electrons. The molecular formula is C24H25NO5. The van der Waals surface area contributed by atoms with Crippen LogP contribution in [0.15, 0.2) is 47.0 Å². The van der Waals surface area contributed by atoms with Gasteiger partial charge in [-0.25, -0.2) is 4.79 Å². The lowest BCUT2D eigenvalue weighted by Crippen LogP contribution is -2.64. The van der Waals surface area contributed by atoms with Gasteiger partial charge in [0.15, 0.2) is 6.04 Å². The van der Waals surface area contributed by atoms with Crippen LogP contribution < -0.4 is 0 Å². The first-order chi connectivity index (χ1) is 14.4. The average molecular weight is 407 g/mol. The molecule has 2 aliphatic carbocycles. The number of esters is 2. The predicted molar refractivity (Wildman–Crippen MR) is 108 cm³/mol. The standard InChI is InChI=1S/C24H25NO5/c1-23(2)11-16-19(25-15(20(26)29-16)10-13-6-4-3-5-7-13)24-17(23)9-8-14-12-28-21(18(14)24)30-22(24)27/h3-8,15-18,21H,9-12H2,1-2H3/t15-,16+,17+,18-,21?,24-/m1/s1. The monoisotopic (exact) mass is 407 g/mol. The second-order valence-corrected chi connectivity index (χ2v) is 9.84. The topological polar surface area (TPSA) is 74.2 Å². The van der Waals surface area contributed by atoms with Gasteiger partial charge < -0.3 is 14.2 Å². The molecule has 0 aromatic heterocycles. The van der Waals surface area contributed by atoms with E-state index in [2.05, 4.69) is 19.9 Å². The lowest BCUT2D eigenvalue weighted by atomic mass is 9.47. The van der Waals surface area contributed by atoms with Gasteiger partial charge in [0.2, 0.25) is 6.29 Å². The van der Waals surface area contributed by atoms with Crippen LogP contribution in [0.2, 0.25) is 0 Å². The summed E-state index contributed by atoms with van der Waals surface area (Å²) < 4.78 is 17.5. The SMILES string of the molecule is CC1(C)C[C@@H]2OC(=O)[C@@H](Cc3ccccc3)N=C2[C@@]23C(=O)OC4OCC(=CC[C@@H]12)[C@H]43. The van der Waals surface area contributed by atoms with Crippen LogP contribution in [0.4, 0.5) is 0 Å². The maximum atomic E-state index is 13.5. The zero-order chi connectivity index (χ0) is 20.7. The van der Waals surface area contributed by atoms with Crippen molar-refractivity contribution in [3.63, 3.8) is 0 Å². The van der Waals surface area contributed by atoms with Gasteiger partial charge in [-0.2, -0.15) is 0 Å². The van der Waals surface area contributed by atoms with Gasteiger partial charge >= 0.3 is 11.9 Å². The molecule has 1 spiro atoms. The van der Waals surface area contributed by atoms with Crippen molar-refractivity contribution in [3.05, 3.63) is 47.5 Å². The van der Waals surface area contributed by atoms with Crippen molar-refractivity contribution in [2.24, 2.45) is 27.7 Å². The highest BCUT2D eigenvalue weighted by atomic mass is 16.7. The fraction of sp³-hybridized carbons (Fsp3) is 0.542. The highest BCUT2D eigenvalue weighted by Crippen LogP contribution is 2.65. The Morgan fingerprint density at radius 2 is 1.93 bits per heavy atom. The molecule has 2 saturated heterocycles. The fourth-order valence-corrected chi connectivity index (χ4v) is 6.53. The summed E-state index contributed by atoms with van der Waals surface area (Å²) in [5.74, 6) is -0.697. The summed E-state index contributed by atoms with van der Waals surface area (Å²) >= 11 is 0. The van der Waals surface area contributed by atoms with E-state index in [9.17, 15) is 9.59 Å². The molecular weight excluding hydrogens is 382 g/mol. The van der Waals surface area contributed by atoms with Crippen molar-refractivity contribution in [3.8, 4) is 0 Å². The molecule has 0 amide bonds. The van der Waals surface area contributed by atoms with Crippen LogP contribution >= 0.6 is 0 Å². The number of allylic oxidation sites excluding steroid dienone is 1. The zero-order valence-corrected chi connectivity index (χ0v) is 17.2. The Balaban J connectivity index is 1.50. The Bertz CT molecular complexity index is 996. The van der Waals surface area contributed by atoms with Crippen molar-refractivity contribution >= 4 is 17.7 Å². The van der Waals surface area contributed by atoms with E-state index < -0.39 is 23.9 Å². The first-order valence-corrected chi connectivity index (χ1v) is 10.8. The van der Waals surface area contributed by atoms with Crippen LogP contribution in [0.1, 0.15) is 32.3 Å². The molecule has 0 N–H and O–H groups in total. The Labute approximate surface area is 175 Å². The van der Waals surface area contributed by atoms with E-state index in [1.165, 1.54) is 0 Å². The van der Waals surface area contributed by atoms with Gasteiger partial charge in [-0.15, -0.1) is 0 Å². The summed E-state index contributed by atoms with van der Waals surface area (Å²) in [5.41, 5.74) is 1.76. The summed E-state index contributed by atoms with van der Waals surface area (Å²) in [5, 5.41) is 0. The highest BCUT2D eigenvalue weighted by molar-refractivity contribution is 6.14. The molecule has 3 aliphatic heterocycles. The summed E-state index contributed by atoms with van der Waals surface area (Å²) in [6, 6.07) is 9.17. The summed E-state index contributed by atoms with van der Waals surface area (Å²) in [7, 11) is 0. The second-order valence-electron chi connectivity index (χ2n) is 9.84. The zero-order valence-electron chi connectivity index (χ0n) is 17.2. The normalized spacial score (nSPS) is 40.4. The first-order valence-electron chi connectivity index (χ1n) is 10.8. The molecule has 6 atom stereocenters. The minimum atomic E-state index is -0.896. The first kappa shape index (κ1) is 18.3. The molecule has 6 nitrogen and oxygen atoms in total. The van der Waals surface area contributed by atoms with Gasteiger partial charge in [-0.1, -0.05) is 50.3 Å². The van der Waals surface area contributed by atoms with Crippen molar-refractivity contribution in [1.82, 2.24) is 0 Å². The molecule has 3 fully saturated rings. The maximum Gasteiger partial charge on any atom is 0.331 e. The van der Waals surface area contributed by atoms with Gasteiger partial charge in [0.25, 0.3) is 0 Å². The highest BCUT2D eigenvalue weighted by Gasteiger charge is 2.74. The third kappa shape index (κ3) is 2.26. The molecule has 156 valence electrons.